The molecule has 0 aliphatic rings. The first-order valence-electron chi connectivity index (χ1n) is 6.58. The van der Waals surface area contributed by atoms with Gasteiger partial charge in [-0.05, 0) is 25.8 Å². The first kappa shape index (κ1) is 18.6. The second-order valence-electron chi connectivity index (χ2n) is 4.69. The fourth-order valence-corrected chi connectivity index (χ4v) is 1.86. The molecule has 0 aromatic carbocycles. The number of halogens is 1. The van der Waals surface area contributed by atoms with Crippen molar-refractivity contribution in [2.75, 3.05) is 6.54 Å². The number of aromatic nitrogens is 2. The fraction of sp³-hybridized carbons (Fsp3) is 0.615. The minimum Gasteiger partial charge on any atom is -0.348 e. The quantitative estimate of drug-likeness (QED) is 0.731. The van der Waals surface area contributed by atoms with Crippen LogP contribution in [0.3, 0.4) is 0 Å². The first-order valence-corrected chi connectivity index (χ1v) is 6.58. The van der Waals surface area contributed by atoms with Crippen molar-refractivity contribution in [1.82, 2.24) is 15.5 Å². The van der Waals surface area contributed by atoms with E-state index in [0.29, 0.717) is 17.8 Å². The summed E-state index contributed by atoms with van der Waals surface area (Å²) in [5.41, 5.74) is 6.54. The number of unbranched alkanes of at least 4 members (excludes halogenated alkanes) is 1. The van der Waals surface area contributed by atoms with Crippen LogP contribution in [0, 0.1) is 13.8 Å². The van der Waals surface area contributed by atoms with Crippen molar-refractivity contribution in [3.63, 3.8) is 0 Å². The van der Waals surface area contributed by atoms with Gasteiger partial charge >= 0.3 is 0 Å². The Morgan fingerprint density at radius 2 is 2.10 bits per heavy atom. The Labute approximate surface area is 124 Å². The van der Waals surface area contributed by atoms with E-state index in [1.54, 1.807) is 13.8 Å². The van der Waals surface area contributed by atoms with Crippen LogP contribution in [0.25, 0.3) is 0 Å². The van der Waals surface area contributed by atoms with Crippen LogP contribution < -0.4 is 16.6 Å². The van der Waals surface area contributed by atoms with Crippen molar-refractivity contribution in [3.05, 3.63) is 27.2 Å². The number of nitrogens with one attached hydrogen (secondary N) is 2. The number of nitrogens with zero attached hydrogens (tertiary/aromatic N) is 1. The van der Waals surface area contributed by atoms with Crippen LogP contribution in [0.4, 0.5) is 0 Å². The van der Waals surface area contributed by atoms with Gasteiger partial charge in [-0.2, -0.15) is 5.10 Å². The Balaban J connectivity index is 0.00000361. The Morgan fingerprint density at radius 3 is 2.65 bits per heavy atom. The maximum Gasteiger partial charge on any atom is 0.277 e. The number of rotatable bonds is 6. The number of aryl methyl sites for hydroxylation is 1. The molecule has 0 radical (unpaired) electrons. The van der Waals surface area contributed by atoms with E-state index >= 15 is 0 Å². The predicted molar refractivity (Wildman–Crippen MR) is 81.4 cm³/mol. The van der Waals surface area contributed by atoms with Gasteiger partial charge in [-0.3, -0.25) is 9.59 Å². The van der Waals surface area contributed by atoms with Gasteiger partial charge in [-0.25, -0.2) is 5.10 Å². The van der Waals surface area contributed by atoms with E-state index in [0.717, 1.165) is 19.3 Å². The standard InChI is InChI=1S/C13H22N4O2.ClH/c1-4-5-6-10(7-14)15-12(18)11-8(2)9(3)16-17-13(11)19;/h10H,4-7,14H2,1-3H3,(H,15,18)(H,17,19);1H. The van der Waals surface area contributed by atoms with Gasteiger partial charge in [0.05, 0.1) is 5.69 Å². The summed E-state index contributed by atoms with van der Waals surface area (Å²) in [4.78, 5) is 23.9. The lowest BCUT2D eigenvalue weighted by molar-refractivity contribution is 0.0933. The van der Waals surface area contributed by atoms with E-state index in [-0.39, 0.29) is 29.9 Å². The second kappa shape index (κ2) is 8.71. The largest absolute Gasteiger partial charge is 0.348 e. The summed E-state index contributed by atoms with van der Waals surface area (Å²) >= 11 is 0. The molecule has 1 aromatic heterocycles. The maximum atomic E-state index is 12.2. The number of nitrogens with two attached hydrogens (primary N) is 1. The number of hydrogen-bond acceptors (Lipinski definition) is 4. The fourth-order valence-electron chi connectivity index (χ4n) is 1.86. The van der Waals surface area contributed by atoms with Gasteiger partial charge in [0.25, 0.3) is 11.5 Å². The number of amides is 1. The molecule has 114 valence electrons. The van der Waals surface area contributed by atoms with Gasteiger partial charge in [0, 0.05) is 12.6 Å². The summed E-state index contributed by atoms with van der Waals surface area (Å²) in [6.45, 7) is 5.92. The molecule has 1 aromatic rings. The van der Waals surface area contributed by atoms with Crippen LogP contribution in [0.1, 0.15) is 47.8 Å². The number of aromatic amines is 1. The molecule has 0 aliphatic heterocycles. The average molecular weight is 303 g/mol. The summed E-state index contributed by atoms with van der Waals surface area (Å²) in [5.74, 6) is -0.379. The highest BCUT2D eigenvalue weighted by Crippen LogP contribution is 2.06. The van der Waals surface area contributed by atoms with Gasteiger partial charge in [-0.1, -0.05) is 19.8 Å². The normalized spacial score (nSPS) is 11.6. The number of carbonyl (C=O) groups excluding carboxylic acids is 1. The van der Waals surface area contributed by atoms with E-state index < -0.39 is 5.56 Å². The van der Waals surface area contributed by atoms with Crippen molar-refractivity contribution in [2.24, 2.45) is 5.73 Å². The minimum atomic E-state index is -0.466. The summed E-state index contributed by atoms with van der Waals surface area (Å²) in [7, 11) is 0. The molecular weight excluding hydrogens is 280 g/mol. The van der Waals surface area contributed by atoms with Crippen LogP contribution in [0.15, 0.2) is 4.79 Å². The van der Waals surface area contributed by atoms with Gasteiger partial charge in [-0.15, -0.1) is 12.4 Å². The Morgan fingerprint density at radius 1 is 1.45 bits per heavy atom. The molecule has 0 bridgehead atoms. The van der Waals surface area contributed by atoms with Crippen LogP contribution in [-0.4, -0.2) is 28.7 Å². The zero-order valence-electron chi connectivity index (χ0n) is 12.2. The Hall–Kier alpha value is -1.40. The van der Waals surface area contributed by atoms with Gasteiger partial charge < -0.3 is 11.1 Å². The molecule has 20 heavy (non-hydrogen) atoms. The molecule has 0 spiro atoms. The van der Waals surface area contributed by atoms with Crippen LogP contribution in [0.2, 0.25) is 0 Å². The van der Waals surface area contributed by atoms with Crippen molar-refractivity contribution in [2.45, 2.75) is 46.1 Å². The lowest BCUT2D eigenvalue weighted by Gasteiger charge is -2.17. The number of H-pyrrole nitrogens is 1. The third-order valence-electron chi connectivity index (χ3n) is 3.22. The van der Waals surface area contributed by atoms with Gasteiger partial charge in [0.2, 0.25) is 0 Å². The predicted octanol–water partition coefficient (Wildman–Crippen LogP) is 1.06. The summed E-state index contributed by atoms with van der Waals surface area (Å²) in [6.07, 6.45) is 2.85. The molecule has 0 aliphatic carbocycles. The van der Waals surface area contributed by atoms with Gasteiger partial charge in [0.1, 0.15) is 5.56 Å². The second-order valence-corrected chi connectivity index (χ2v) is 4.69. The van der Waals surface area contributed by atoms with E-state index in [4.69, 9.17) is 5.73 Å². The van der Waals surface area contributed by atoms with E-state index in [1.807, 2.05) is 0 Å². The molecule has 6 nitrogen and oxygen atoms in total. The monoisotopic (exact) mass is 302 g/mol. The Bertz CT molecular complexity index is 502. The number of hydrogen-bond donors (Lipinski definition) is 3. The highest BCUT2D eigenvalue weighted by Gasteiger charge is 2.18. The molecule has 1 rings (SSSR count). The molecule has 1 amide bonds. The molecule has 0 saturated heterocycles. The molecule has 7 heteroatoms. The molecule has 1 unspecified atom stereocenters. The smallest absolute Gasteiger partial charge is 0.277 e. The van der Waals surface area contributed by atoms with E-state index in [1.165, 1.54) is 0 Å². The van der Waals surface area contributed by atoms with Crippen molar-refractivity contribution in [1.29, 1.82) is 0 Å². The molecule has 0 fully saturated rings. The summed E-state index contributed by atoms with van der Waals surface area (Å²) in [5, 5.41) is 8.97. The maximum absolute atomic E-state index is 12.2. The topological polar surface area (TPSA) is 101 Å². The molecule has 1 atom stereocenters. The Kier molecular flexibility index (Phi) is 8.10. The van der Waals surface area contributed by atoms with Crippen molar-refractivity contribution >= 4 is 18.3 Å². The minimum absolute atomic E-state index is 0. The zero-order chi connectivity index (χ0) is 14.4. The lowest BCUT2D eigenvalue weighted by atomic mass is 10.1. The molecule has 0 saturated carbocycles. The van der Waals surface area contributed by atoms with Crippen LogP contribution >= 0.6 is 12.4 Å². The number of carbonyl (C=O) groups is 1. The molecular formula is C13H23ClN4O2. The third kappa shape index (κ3) is 4.61. The zero-order valence-corrected chi connectivity index (χ0v) is 13.0. The first-order chi connectivity index (χ1) is 9.01. The molecule has 4 N–H and O–H groups in total. The van der Waals surface area contributed by atoms with Crippen LogP contribution in [-0.2, 0) is 0 Å². The summed E-state index contributed by atoms with van der Waals surface area (Å²) < 4.78 is 0. The van der Waals surface area contributed by atoms with Crippen molar-refractivity contribution < 1.29 is 4.79 Å². The summed E-state index contributed by atoms with van der Waals surface area (Å²) in [6, 6.07) is -0.0975. The SMILES string of the molecule is CCCCC(CN)NC(=O)c1c(C)c(C)n[nH]c1=O.Cl. The highest BCUT2D eigenvalue weighted by atomic mass is 35.5. The van der Waals surface area contributed by atoms with E-state index in [2.05, 4.69) is 22.4 Å². The highest BCUT2D eigenvalue weighted by molar-refractivity contribution is 5.95. The van der Waals surface area contributed by atoms with Gasteiger partial charge in [0.15, 0.2) is 0 Å². The van der Waals surface area contributed by atoms with Crippen molar-refractivity contribution in [3.8, 4) is 0 Å². The van der Waals surface area contributed by atoms with Crippen LogP contribution in [0.5, 0.6) is 0 Å². The third-order valence-corrected chi connectivity index (χ3v) is 3.22. The molecule has 1 heterocycles. The van der Waals surface area contributed by atoms with E-state index in [9.17, 15) is 9.59 Å². The average Bonchev–Trinajstić information content (AvgIpc) is 2.39. The lowest BCUT2D eigenvalue weighted by Crippen LogP contribution is -2.42.